The Kier molecular flexibility index (Phi) is 6.02. The van der Waals surface area contributed by atoms with E-state index in [1.54, 1.807) is 0 Å². The molecule has 0 saturated heterocycles. The molecule has 1 aromatic rings. The van der Waals surface area contributed by atoms with Gasteiger partial charge in [0.15, 0.2) is 0 Å². The van der Waals surface area contributed by atoms with Crippen LogP contribution in [0.5, 0.6) is 0 Å². The van der Waals surface area contributed by atoms with Gasteiger partial charge in [-0.3, -0.25) is 0 Å². The Balaban J connectivity index is 1.84. The molecule has 0 radical (unpaired) electrons. The zero-order valence-electron chi connectivity index (χ0n) is 13.2. The largest absolute Gasteiger partial charge is 0.313 e. The molecule has 0 spiro atoms. The van der Waals surface area contributed by atoms with Crippen molar-refractivity contribution in [3.8, 4) is 0 Å². The molecule has 0 fully saturated rings. The number of hydrogen-bond donors (Lipinski definition) is 2. The second-order valence-electron chi connectivity index (χ2n) is 6.10. The van der Waals surface area contributed by atoms with E-state index < -0.39 is 0 Å². The molecule has 1 unspecified atom stereocenters. The lowest BCUT2D eigenvalue weighted by Crippen LogP contribution is -2.31. The van der Waals surface area contributed by atoms with Gasteiger partial charge in [-0.05, 0) is 64.5 Å². The fourth-order valence-corrected chi connectivity index (χ4v) is 2.74. The highest BCUT2D eigenvalue weighted by molar-refractivity contribution is 5.30. The summed E-state index contributed by atoms with van der Waals surface area (Å²) in [7, 11) is 2.20. The van der Waals surface area contributed by atoms with Crippen LogP contribution >= 0.6 is 0 Å². The lowest BCUT2D eigenvalue weighted by atomic mass is 9.99. The van der Waals surface area contributed by atoms with Gasteiger partial charge in [-0.15, -0.1) is 0 Å². The smallest absolute Gasteiger partial charge is 0.0335 e. The Labute approximate surface area is 123 Å². The summed E-state index contributed by atoms with van der Waals surface area (Å²) in [4.78, 5) is 2.41. The molecule has 3 nitrogen and oxygen atoms in total. The van der Waals surface area contributed by atoms with Crippen molar-refractivity contribution in [3.05, 3.63) is 35.4 Å². The van der Waals surface area contributed by atoms with Crippen LogP contribution in [0.2, 0.25) is 0 Å². The van der Waals surface area contributed by atoms with Gasteiger partial charge in [-0.2, -0.15) is 0 Å². The quantitative estimate of drug-likeness (QED) is 0.781. The van der Waals surface area contributed by atoms with Crippen molar-refractivity contribution in [2.75, 3.05) is 26.7 Å². The van der Waals surface area contributed by atoms with Crippen molar-refractivity contribution in [1.82, 2.24) is 15.5 Å². The molecule has 112 valence electrons. The number of benzene rings is 1. The van der Waals surface area contributed by atoms with E-state index in [0.29, 0.717) is 12.1 Å². The van der Waals surface area contributed by atoms with Crippen LogP contribution in [-0.2, 0) is 6.54 Å². The van der Waals surface area contributed by atoms with E-state index in [1.165, 1.54) is 24.0 Å². The molecule has 2 rings (SSSR count). The maximum absolute atomic E-state index is 3.75. The summed E-state index contributed by atoms with van der Waals surface area (Å²) < 4.78 is 0. The first-order valence-corrected chi connectivity index (χ1v) is 7.90. The molecule has 0 amide bonds. The van der Waals surface area contributed by atoms with Crippen molar-refractivity contribution in [2.45, 2.75) is 45.3 Å². The number of fused-ring (bicyclic) bond motifs is 1. The van der Waals surface area contributed by atoms with Crippen molar-refractivity contribution < 1.29 is 0 Å². The van der Waals surface area contributed by atoms with Gasteiger partial charge in [0.1, 0.15) is 0 Å². The van der Waals surface area contributed by atoms with Crippen LogP contribution in [0.15, 0.2) is 24.3 Å². The highest BCUT2D eigenvalue weighted by atomic mass is 15.1. The SMILES string of the molecule is CC(C)N(C)CCCNC1CCNCc2ccccc21. The van der Waals surface area contributed by atoms with E-state index in [2.05, 4.69) is 60.7 Å². The summed E-state index contributed by atoms with van der Waals surface area (Å²) in [5, 5.41) is 7.25. The minimum atomic E-state index is 0.505. The summed E-state index contributed by atoms with van der Waals surface area (Å²) in [5.74, 6) is 0. The third-order valence-electron chi connectivity index (χ3n) is 4.32. The van der Waals surface area contributed by atoms with Crippen molar-refractivity contribution in [1.29, 1.82) is 0 Å². The highest BCUT2D eigenvalue weighted by Gasteiger charge is 2.17. The molecule has 1 aliphatic rings. The van der Waals surface area contributed by atoms with E-state index in [9.17, 15) is 0 Å². The minimum absolute atomic E-state index is 0.505. The molecule has 1 aromatic carbocycles. The van der Waals surface area contributed by atoms with E-state index in [-0.39, 0.29) is 0 Å². The molecule has 1 atom stereocenters. The fraction of sp³-hybridized carbons (Fsp3) is 0.647. The van der Waals surface area contributed by atoms with Gasteiger partial charge in [0.2, 0.25) is 0 Å². The third-order valence-corrected chi connectivity index (χ3v) is 4.32. The van der Waals surface area contributed by atoms with Crippen LogP contribution in [0.3, 0.4) is 0 Å². The summed E-state index contributed by atoms with van der Waals surface area (Å²) in [6.45, 7) is 8.86. The van der Waals surface area contributed by atoms with Crippen LogP contribution in [0.25, 0.3) is 0 Å². The Hall–Kier alpha value is -0.900. The normalized spacial score (nSPS) is 19.1. The van der Waals surface area contributed by atoms with Crippen LogP contribution < -0.4 is 10.6 Å². The molecule has 2 N–H and O–H groups in total. The van der Waals surface area contributed by atoms with Gasteiger partial charge < -0.3 is 15.5 Å². The summed E-state index contributed by atoms with van der Waals surface area (Å²) in [5.41, 5.74) is 2.93. The third kappa shape index (κ3) is 4.30. The predicted octanol–water partition coefficient (Wildman–Crippen LogP) is 2.54. The molecule has 0 aromatic heterocycles. The zero-order chi connectivity index (χ0) is 14.4. The van der Waals surface area contributed by atoms with Gasteiger partial charge in [-0.1, -0.05) is 24.3 Å². The molecule has 1 aliphatic heterocycles. The van der Waals surface area contributed by atoms with Crippen LogP contribution in [-0.4, -0.2) is 37.6 Å². The van der Waals surface area contributed by atoms with Crippen LogP contribution in [0.4, 0.5) is 0 Å². The average molecular weight is 275 g/mol. The van der Waals surface area contributed by atoms with E-state index in [1.807, 2.05) is 0 Å². The standard InChI is InChI=1S/C17H29N3/c1-14(2)20(3)12-6-10-19-17-9-11-18-13-15-7-4-5-8-16(15)17/h4-5,7-8,14,17-19H,6,9-13H2,1-3H3. The first-order valence-electron chi connectivity index (χ1n) is 7.90. The second kappa shape index (κ2) is 7.77. The summed E-state index contributed by atoms with van der Waals surface area (Å²) in [6.07, 6.45) is 2.39. The first kappa shape index (κ1) is 15.5. The molecular weight excluding hydrogens is 246 g/mol. The van der Waals surface area contributed by atoms with Gasteiger partial charge in [0.25, 0.3) is 0 Å². The fourth-order valence-electron chi connectivity index (χ4n) is 2.74. The number of nitrogens with one attached hydrogen (secondary N) is 2. The number of rotatable bonds is 6. The molecule has 1 heterocycles. The topological polar surface area (TPSA) is 27.3 Å². The minimum Gasteiger partial charge on any atom is -0.313 e. The maximum atomic E-state index is 3.75. The van der Waals surface area contributed by atoms with Gasteiger partial charge in [0, 0.05) is 18.6 Å². The number of nitrogens with zero attached hydrogens (tertiary/aromatic N) is 1. The monoisotopic (exact) mass is 275 g/mol. The van der Waals surface area contributed by atoms with Crippen molar-refractivity contribution >= 4 is 0 Å². The van der Waals surface area contributed by atoms with Crippen molar-refractivity contribution in [3.63, 3.8) is 0 Å². The summed E-state index contributed by atoms with van der Waals surface area (Å²) >= 11 is 0. The molecule has 20 heavy (non-hydrogen) atoms. The van der Waals surface area contributed by atoms with Gasteiger partial charge in [0.05, 0.1) is 0 Å². The van der Waals surface area contributed by atoms with E-state index >= 15 is 0 Å². The lowest BCUT2D eigenvalue weighted by Gasteiger charge is -2.23. The van der Waals surface area contributed by atoms with E-state index in [4.69, 9.17) is 0 Å². The molecule has 0 bridgehead atoms. The van der Waals surface area contributed by atoms with Crippen LogP contribution in [0, 0.1) is 0 Å². The molecular formula is C17H29N3. The van der Waals surface area contributed by atoms with Crippen molar-refractivity contribution in [2.24, 2.45) is 0 Å². The zero-order valence-corrected chi connectivity index (χ0v) is 13.2. The molecule has 0 saturated carbocycles. The Morgan fingerprint density at radius 3 is 2.95 bits per heavy atom. The van der Waals surface area contributed by atoms with Gasteiger partial charge >= 0.3 is 0 Å². The average Bonchev–Trinajstić information content (AvgIpc) is 2.65. The van der Waals surface area contributed by atoms with E-state index in [0.717, 1.165) is 26.2 Å². The van der Waals surface area contributed by atoms with Gasteiger partial charge in [-0.25, -0.2) is 0 Å². The number of hydrogen-bond acceptors (Lipinski definition) is 3. The Morgan fingerprint density at radius 2 is 2.15 bits per heavy atom. The first-order chi connectivity index (χ1) is 9.68. The Bertz CT molecular complexity index is 403. The van der Waals surface area contributed by atoms with Crippen LogP contribution in [0.1, 0.15) is 43.9 Å². The second-order valence-corrected chi connectivity index (χ2v) is 6.10. The maximum Gasteiger partial charge on any atom is 0.0335 e. The lowest BCUT2D eigenvalue weighted by molar-refractivity contribution is 0.267. The highest BCUT2D eigenvalue weighted by Crippen LogP contribution is 2.23. The molecule has 3 heteroatoms. The molecule has 0 aliphatic carbocycles. The predicted molar refractivity (Wildman–Crippen MR) is 85.9 cm³/mol. The Morgan fingerprint density at radius 1 is 1.35 bits per heavy atom. The summed E-state index contributed by atoms with van der Waals surface area (Å²) in [6, 6.07) is 9.96.